The topological polar surface area (TPSA) is 85.8 Å². The van der Waals surface area contributed by atoms with Gasteiger partial charge in [-0.05, 0) is 31.5 Å². The van der Waals surface area contributed by atoms with Crippen molar-refractivity contribution >= 4 is 17.7 Å². The van der Waals surface area contributed by atoms with Crippen molar-refractivity contribution in [3.63, 3.8) is 0 Å². The second-order valence-electron chi connectivity index (χ2n) is 6.78. The Bertz CT molecular complexity index is 1140. The van der Waals surface area contributed by atoms with Crippen LogP contribution in [0.3, 0.4) is 0 Å². The molecule has 0 atom stereocenters. The van der Waals surface area contributed by atoms with Crippen LogP contribution in [-0.4, -0.2) is 25.7 Å². The van der Waals surface area contributed by atoms with E-state index in [0.717, 1.165) is 22.2 Å². The van der Waals surface area contributed by atoms with Crippen LogP contribution in [0.25, 0.3) is 5.69 Å². The molecule has 2 aromatic heterocycles. The van der Waals surface area contributed by atoms with Crippen molar-refractivity contribution in [1.82, 2.24) is 25.1 Å². The second-order valence-corrected chi connectivity index (χ2v) is 7.73. The van der Waals surface area contributed by atoms with Gasteiger partial charge in [-0.15, -0.1) is 10.2 Å². The molecule has 0 aliphatic heterocycles. The first-order valence-electron chi connectivity index (χ1n) is 9.48. The normalized spacial score (nSPS) is 10.9. The first-order chi connectivity index (χ1) is 14.6. The Morgan fingerprint density at radius 2 is 1.83 bits per heavy atom. The van der Waals surface area contributed by atoms with Crippen molar-refractivity contribution in [2.75, 3.05) is 0 Å². The van der Waals surface area contributed by atoms with Crippen LogP contribution in [-0.2, 0) is 12.3 Å². The molecular weight excluding hydrogens is 398 g/mol. The maximum absolute atomic E-state index is 12.3. The molecule has 1 amide bonds. The van der Waals surface area contributed by atoms with Crippen LogP contribution in [0.15, 0.2) is 70.4 Å². The van der Waals surface area contributed by atoms with Gasteiger partial charge in [0.2, 0.25) is 5.89 Å². The van der Waals surface area contributed by atoms with Gasteiger partial charge in [0.25, 0.3) is 5.91 Å². The first kappa shape index (κ1) is 19.9. The van der Waals surface area contributed by atoms with Gasteiger partial charge in [-0.25, -0.2) is 4.98 Å². The van der Waals surface area contributed by atoms with Crippen LogP contribution in [0.2, 0.25) is 0 Å². The third kappa shape index (κ3) is 4.60. The fourth-order valence-electron chi connectivity index (χ4n) is 2.90. The molecule has 0 radical (unpaired) electrons. The molecule has 1 N–H and O–H groups in total. The van der Waals surface area contributed by atoms with E-state index in [2.05, 4.69) is 39.6 Å². The molecule has 30 heavy (non-hydrogen) atoms. The molecule has 0 fully saturated rings. The molecule has 0 aliphatic rings. The highest BCUT2D eigenvalue weighted by atomic mass is 32.2. The smallest absolute Gasteiger partial charge is 0.273 e. The molecule has 2 heterocycles. The monoisotopic (exact) mass is 419 g/mol. The van der Waals surface area contributed by atoms with Crippen molar-refractivity contribution in [2.24, 2.45) is 0 Å². The molecule has 7 nitrogen and oxygen atoms in total. The van der Waals surface area contributed by atoms with Gasteiger partial charge in [0.15, 0.2) is 10.9 Å². The van der Waals surface area contributed by atoms with Gasteiger partial charge in [0.05, 0.1) is 5.75 Å². The number of thioether (sulfide) groups is 1. The fourth-order valence-corrected chi connectivity index (χ4v) is 3.75. The fraction of sp³-hybridized carbons (Fsp3) is 0.182. The maximum Gasteiger partial charge on any atom is 0.273 e. The predicted molar refractivity (Wildman–Crippen MR) is 115 cm³/mol. The highest BCUT2D eigenvalue weighted by molar-refractivity contribution is 7.98. The van der Waals surface area contributed by atoms with Gasteiger partial charge >= 0.3 is 0 Å². The number of hydrogen-bond donors (Lipinski definition) is 1. The van der Waals surface area contributed by atoms with E-state index in [0.29, 0.717) is 18.2 Å². The summed E-state index contributed by atoms with van der Waals surface area (Å²) in [6, 6.07) is 17.9. The summed E-state index contributed by atoms with van der Waals surface area (Å²) in [6.45, 7) is 4.40. The van der Waals surface area contributed by atoms with Gasteiger partial charge in [-0.3, -0.25) is 9.36 Å². The molecule has 8 heteroatoms. The summed E-state index contributed by atoms with van der Waals surface area (Å²) in [5.74, 6) is 1.43. The Labute approximate surface area is 178 Å². The molecule has 0 spiro atoms. The van der Waals surface area contributed by atoms with E-state index < -0.39 is 0 Å². The van der Waals surface area contributed by atoms with E-state index in [1.807, 2.05) is 54.0 Å². The molecule has 4 aromatic rings. The average molecular weight is 420 g/mol. The molecule has 0 saturated carbocycles. The van der Waals surface area contributed by atoms with E-state index in [4.69, 9.17) is 4.42 Å². The number of oxazole rings is 1. The number of amides is 1. The summed E-state index contributed by atoms with van der Waals surface area (Å²) in [4.78, 5) is 16.6. The molecule has 0 unspecified atom stereocenters. The number of aromatic nitrogens is 4. The SMILES string of the molecule is Cc1ccc(-n2c(C)nnc2SCc2nc(C(=O)NCc3ccccc3)co2)cc1. The Morgan fingerprint density at radius 1 is 1.07 bits per heavy atom. The highest BCUT2D eigenvalue weighted by Gasteiger charge is 2.15. The quantitative estimate of drug-likeness (QED) is 0.454. The van der Waals surface area contributed by atoms with Crippen molar-refractivity contribution in [1.29, 1.82) is 0 Å². The summed E-state index contributed by atoms with van der Waals surface area (Å²) >= 11 is 1.46. The zero-order valence-corrected chi connectivity index (χ0v) is 17.5. The van der Waals surface area contributed by atoms with E-state index in [1.54, 1.807) is 0 Å². The zero-order chi connectivity index (χ0) is 20.9. The van der Waals surface area contributed by atoms with Gasteiger partial charge in [-0.1, -0.05) is 59.8 Å². The number of hydrogen-bond acceptors (Lipinski definition) is 6. The molecule has 0 saturated heterocycles. The summed E-state index contributed by atoms with van der Waals surface area (Å²) in [7, 11) is 0. The Morgan fingerprint density at radius 3 is 2.60 bits per heavy atom. The summed E-state index contributed by atoms with van der Waals surface area (Å²) in [5, 5.41) is 12.0. The minimum Gasteiger partial charge on any atom is -0.447 e. The Balaban J connectivity index is 1.39. The third-order valence-corrected chi connectivity index (χ3v) is 5.41. The minimum atomic E-state index is -0.266. The van der Waals surface area contributed by atoms with E-state index >= 15 is 0 Å². The number of nitrogens with zero attached hydrogens (tertiary/aromatic N) is 4. The Hall–Kier alpha value is -3.39. The van der Waals surface area contributed by atoms with E-state index in [9.17, 15) is 4.79 Å². The van der Waals surface area contributed by atoms with Crippen LogP contribution in [0.4, 0.5) is 0 Å². The van der Waals surface area contributed by atoms with Gasteiger partial charge in [-0.2, -0.15) is 0 Å². The third-order valence-electron chi connectivity index (χ3n) is 4.49. The minimum absolute atomic E-state index is 0.262. The van der Waals surface area contributed by atoms with Crippen molar-refractivity contribution < 1.29 is 9.21 Å². The first-order valence-corrected chi connectivity index (χ1v) is 10.5. The summed E-state index contributed by atoms with van der Waals surface area (Å²) in [6.07, 6.45) is 1.38. The van der Waals surface area contributed by atoms with Crippen LogP contribution in [0, 0.1) is 13.8 Å². The van der Waals surface area contributed by atoms with Gasteiger partial charge in [0, 0.05) is 12.2 Å². The number of carbonyl (C=O) groups excluding carboxylic acids is 1. The second kappa shape index (κ2) is 8.96. The molecular formula is C22H21N5O2S. The zero-order valence-electron chi connectivity index (χ0n) is 16.7. The van der Waals surface area contributed by atoms with E-state index in [1.165, 1.54) is 23.6 Å². The molecule has 152 valence electrons. The Kier molecular flexibility index (Phi) is 5.94. The number of rotatable bonds is 7. The van der Waals surface area contributed by atoms with Crippen LogP contribution in [0.5, 0.6) is 0 Å². The number of aryl methyl sites for hydroxylation is 2. The molecule has 2 aromatic carbocycles. The lowest BCUT2D eigenvalue weighted by Gasteiger charge is -2.08. The van der Waals surface area contributed by atoms with Crippen LogP contribution < -0.4 is 5.32 Å². The molecule has 0 aliphatic carbocycles. The van der Waals surface area contributed by atoms with Crippen LogP contribution in [0.1, 0.15) is 33.3 Å². The van der Waals surface area contributed by atoms with Gasteiger partial charge < -0.3 is 9.73 Å². The highest BCUT2D eigenvalue weighted by Crippen LogP contribution is 2.25. The number of carbonyl (C=O) groups is 1. The van der Waals surface area contributed by atoms with Crippen molar-refractivity contribution in [3.8, 4) is 5.69 Å². The van der Waals surface area contributed by atoms with E-state index in [-0.39, 0.29) is 11.6 Å². The lowest BCUT2D eigenvalue weighted by Crippen LogP contribution is -2.23. The number of nitrogens with one attached hydrogen (secondary N) is 1. The lowest BCUT2D eigenvalue weighted by molar-refractivity contribution is 0.0946. The molecule has 4 rings (SSSR count). The summed E-state index contributed by atoms with van der Waals surface area (Å²) < 4.78 is 7.46. The average Bonchev–Trinajstić information content (AvgIpc) is 3.39. The van der Waals surface area contributed by atoms with Crippen molar-refractivity contribution in [3.05, 3.63) is 89.4 Å². The number of benzene rings is 2. The molecule has 0 bridgehead atoms. The maximum atomic E-state index is 12.3. The predicted octanol–water partition coefficient (Wildman–Crippen LogP) is 4.09. The van der Waals surface area contributed by atoms with Crippen LogP contribution >= 0.6 is 11.8 Å². The standard InChI is InChI=1S/C22H21N5O2S/c1-15-8-10-18(11-9-15)27-16(2)25-26-22(27)30-14-20-24-19(13-29-20)21(28)23-12-17-6-4-3-5-7-17/h3-11,13H,12,14H2,1-2H3,(H,23,28). The largest absolute Gasteiger partial charge is 0.447 e. The lowest BCUT2D eigenvalue weighted by atomic mass is 10.2. The van der Waals surface area contributed by atoms with Crippen molar-refractivity contribution in [2.45, 2.75) is 31.3 Å². The van der Waals surface area contributed by atoms with Gasteiger partial charge in [0.1, 0.15) is 12.1 Å². The summed E-state index contributed by atoms with van der Waals surface area (Å²) in [5.41, 5.74) is 3.48.